The first-order valence-electron chi connectivity index (χ1n) is 6.96. The number of rotatable bonds is 4. The van der Waals surface area contributed by atoms with Gasteiger partial charge in [-0.3, -0.25) is 4.99 Å². The summed E-state index contributed by atoms with van der Waals surface area (Å²) in [5, 5.41) is 0. The summed E-state index contributed by atoms with van der Waals surface area (Å²) in [6.45, 7) is 4.29. The molecule has 0 aromatic heterocycles. The number of nitrogens with zero attached hydrogens (tertiary/aromatic N) is 1. The van der Waals surface area contributed by atoms with Gasteiger partial charge in [-0.25, -0.2) is 0 Å². The van der Waals surface area contributed by atoms with Gasteiger partial charge in [-0.15, -0.1) is 0 Å². The second-order valence-corrected chi connectivity index (χ2v) is 4.96. The molecule has 0 atom stereocenters. The van der Waals surface area contributed by atoms with Crippen molar-refractivity contribution >= 4 is 5.71 Å². The molecule has 0 N–H and O–H groups in total. The fraction of sp³-hybridized carbons (Fsp3) is 0.211. The first-order valence-corrected chi connectivity index (χ1v) is 6.96. The molecule has 1 heteroatoms. The van der Waals surface area contributed by atoms with Crippen LogP contribution in [0.25, 0.3) is 0 Å². The maximum atomic E-state index is 4.44. The zero-order valence-corrected chi connectivity index (χ0v) is 12.4. The molecular formula is C19H21N. The van der Waals surface area contributed by atoms with E-state index in [1.165, 1.54) is 22.3 Å². The summed E-state index contributed by atoms with van der Waals surface area (Å²) >= 11 is 0. The van der Waals surface area contributed by atoms with E-state index in [4.69, 9.17) is 0 Å². The van der Waals surface area contributed by atoms with Crippen molar-refractivity contribution in [2.75, 3.05) is 7.05 Å². The molecule has 0 radical (unpaired) electrons. The minimum absolute atomic E-state index is 0.949. The van der Waals surface area contributed by atoms with E-state index in [9.17, 15) is 0 Å². The summed E-state index contributed by atoms with van der Waals surface area (Å²) in [6.07, 6.45) is 3.21. The molecule has 0 aliphatic carbocycles. The van der Waals surface area contributed by atoms with Gasteiger partial charge in [0.05, 0.1) is 5.71 Å². The third kappa shape index (κ3) is 3.45. The maximum Gasteiger partial charge on any atom is 0.0669 e. The number of allylic oxidation sites excluding steroid dienone is 2. The highest BCUT2D eigenvalue weighted by atomic mass is 14.7. The van der Waals surface area contributed by atoms with Crippen molar-refractivity contribution in [3.63, 3.8) is 0 Å². The Morgan fingerprint density at radius 1 is 1.00 bits per heavy atom. The van der Waals surface area contributed by atoms with Gasteiger partial charge in [0.1, 0.15) is 0 Å². The number of hydrogen-bond acceptors (Lipinski definition) is 1. The zero-order chi connectivity index (χ0) is 14.4. The number of hydrogen-bond donors (Lipinski definition) is 0. The van der Waals surface area contributed by atoms with Gasteiger partial charge in [-0.2, -0.15) is 0 Å². The average Bonchev–Trinajstić information content (AvgIpc) is 2.48. The first-order chi connectivity index (χ1) is 9.72. The molecule has 2 aromatic carbocycles. The van der Waals surface area contributed by atoms with Crippen LogP contribution in [0, 0.1) is 6.92 Å². The molecule has 0 fully saturated rings. The van der Waals surface area contributed by atoms with E-state index in [0.717, 1.165) is 12.1 Å². The SMILES string of the molecule is CN=C(/C(C)=C\Cc1ccccc1C)c1ccccc1. The Kier molecular flexibility index (Phi) is 4.89. The highest BCUT2D eigenvalue weighted by molar-refractivity contribution is 6.12. The number of benzene rings is 2. The standard InChI is InChI=1S/C19H21N/c1-15-9-7-8-10-17(15)14-13-16(2)19(20-3)18-11-5-4-6-12-18/h4-13H,14H2,1-3H3/b16-13-,20-19?. The van der Waals surface area contributed by atoms with E-state index in [-0.39, 0.29) is 0 Å². The molecule has 0 bridgehead atoms. The summed E-state index contributed by atoms with van der Waals surface area (Å²) in [6, 6.07) is 18.9. The van der Waals surface area contributed by atoms with Gasteiger partial charge < -0.3 is 0 Å². The molecule has 0 amide bonds. The molecule has 2 aromatic rings. The minimum Gasteiger partial charge on any atom is -0.288 e. The first kappa shape index (κ1) is 14.3. The van der Waals surface area contributed by atoms with E-state index >= 15 is 0 Å². The smallest absolute Gasteiger partial charge is 0.0669 e. The second-order valence-electron chi connectivity index (χ2n) is 4.96. The Morgan fingerprint density at radius 2 is 1.65 bits per heavy atom. The Hall–Kier alpha value is -2.15. The van der Waals surface area contributed by atoms with E-state index in [0.29, 0.717) is 0 Å². The summed E-state index contributed by atoms with van der Waals surface area (Å²) in [5.41, 5.74) is 6.18. The molecule has 0 spiro atoms. The molecular weight excluding hydrogens is 242 g/mol. The molecule has 0 unspecified atom stereocenters. The molecule has 0 aliphatic rings. The lowest BCUT2D eigenvalue weighted by Crippen LogP contribution is -2.03. The summed E-state index contributed by atoms with van der Waals surface area (Å²) in [7, 11) is 1.85. The maximum absolute atomic E-state index is 4.44. The van der Waals surface area contributed by atoms with Crippen LogP contribution in [0.3, 0.4) is 0 Å². The van der Waals surface area contributed by atoms with Crippen molar-refractivity contribution in [1.29, 1.82) is 0 Å². The zero-order valence-electron chi connectivity index (χ0n) is 12.4. The Morgan fingerprint density at radius 3 is 2.30 bits per heavy atom. The Labute approximate surface area is 121 Å². The topological polar surface area (TPSA) is 12.4 Å². The minimum atomic E-state index is 0.949. The van der Waals surface area contributed by atoms with Crippen LogP contribution in [0.5, 0.6) is 0 Å². The fourth-order valence-electron chi connectivity index (χ4n) is 2.33. The fourth-order valence-corrected chi connectivity index (χ4v) is 2.33. The lowest BCUT2D eigenvalue weighted by Gasteiger charge is -2.08. The van der Waals surface area contributed by atoms with Gasteiger partial charge in [-0.05, 0) is 42.5 Å². The molecule has 0 aliphatic heterocycles. The van der Waals surface area contributed by atoms with Crippen LogP contribution in [0.15, 0.2) is 71.2 Å². The molecule has 2 rings (SSSR count). The van der Waals surface area contributed by atoms with Crippen LogP contribution in [0.1, 0.15) is 23.6 Å². The Bertz CT molecular complexity index is 621. The van der Waals surface area contributed by atoms with E-state index in [2.05, 4.69) is 73.4 Å². The van der Waals surface area contributed by atoms with Crippen LogP contribution in [-0.4, -0.2) is 12.8 Å². The van der Waals surface area contributed by atoms with Gasteiger partial charge in [0, 0.05) is 7.05 Å². The molecule has 0 saturated carbocycles. The van der Waals surface area contributed by atoms with Crippen molar-refractivity contribution in [1.82, 2.24) is 0 Å². The van der Waals surface area contributed by atoms with Gasteiger partial charge in [0.15, 0.2) is 0 Å². The van der Waals surface area contributed by atoms with Gasteiger partial charge in [0.2, 0.25) is 0 Å². The predicted molar refractivity (Wildman–Crippen MR) is 87.5 cm³/mol. The van der Waals surface area contributed by atoms with Crippen molar-refractivity contribution in [2.45, 2.75) is 20.3 Å². The van der Waals surface area contributed by atoms with E-state index < -0.39 is 0 Å². The van der Waals surface area contributed by atoms with Crippen molar-refractivity contribution in [2.24, 2.45) is 4.99 Å². The lowest BCUT2D eigenvalue weighted by molar-refractivity contribution is 1.20. The van der Waals surface area contributed by atoms with E-state index in [1.54, 1.807) is 0 Å². The summed E-state index contributed by atoms with van der Waals surface area (Å²) in [5.74, 6) is 0. The van der Waals surface area contributed by atoms with E-state index in [1.807, 2.05) is 13.1 Å². The molecule has 0 heterocycles. The van der Waals surface area contributed by atoms with Gasteiger partial charge in [0.25, 0.3) is 0 Å². The number of aryl methyl sites for hydroxylation is 1. The highest BCUT2D eigenvalue weighted by Crippen LogP contribution is 2.13. The van der Waals surface area contributed by atoms with Crippen molar-refractivity contribution in [3.05, 3.63) is 82.9 Å². The highest BCUT2D eigenvalue weighted by Gasteiger charge is 2.04. The molecule has 0 saturated heterocycles. The molecule has 20 heavy (non-hydrogen) atoms. The van der Waals surface area contributed by atoms with Crippen LogP contribution in [0.2, 0.25) is 0 Å². The van der Waals surface area contributed by atoms with Crippen molar-refractivity contribution < 1.29 is 0 Å². The summed E-state index contributed by atoms with van der Waals surface area (Å²) < 4.78 is 0. The molecule has 102 valence electrons. The second kappa shape index (κ2) is 6.85. The monoisotopic (exact) mass is 263 g/mol. The quantitative estimate of drug-likeness (QED) is 0.715. The van der Waals surface area contributed by atoms with Crippen molar-refractivity contribution in [3.8, 4) is 0 Å². The van der Waals surface area contributed by atoms with Gasteiger partial charge in [-0.1, -0.05) is 60.7 Å². The third-order valence-corrected chi connectivity index (χ3v) is 3.53. The van der Waals surface area contributed by atoms with Crippen LogP contribution >= 0.6 is 0 Å². The Balaban J connectivity index is 2.20. The lowest BCUT2D eigenvalue weighted by atomic mass is 10.00. The molecule has 1 nitrogen and oxygen atoms in total. The van der Waals surface area contributed by atoms with Crippen LogP contribution in [0.4, 0.5) is 0 Å². The van der Waals surface area contributed by atoms with Crippen LogP contribution < -0.4 is 0 Å². The third-order valence-electron chi connectivity index (χ3n) is 3.53. The summed E-state index contributed by atoms with van der Waals surface area (Å²) in [4.78, 5) is 4.44. The van der Waals surface area contributed by atoms with Gasteiger partial charge >= 0.3 is 0 Å². The average molecular weight is 263 g/mol. The normalized spacial score (nSPS) is 12.6. The number of aliphatic imine (C=N–C) groups is 1. The largest absolute Gasteiger partial charge is 0.288 e. The van der Waals surface area contributed by atoms with Crippen LogP contribution in [-0.2, 0) is 6.42 Å². The predicted octanol–water partition coefficient (Wildman–Crippen LogP) is 4.60.